The highest BCUT2D eigenvalue weighted by Gasteiger charge is 2.75. The van der Waals surface area contributed by atoms with Crippen molar-refractivity contribution in [1.29, 1.82) is 0 Å². The molecule has 0 unspecified atom stereocenters. The molecule has 0 atom stereocenters. The van der Waals surface area contributed by atoms with Crippen LogP contribution in [-0.4, -0.2) is 61.0 Å². The van der Waals surface area contributed by atoms with Crippen molar-refractivity contribution in [2.75, 3.05) is 12.4 Å². The molecule has 0 aliphatic carbocycles. The second kappa shape index (κ2) is 11.7. The summed E-state index contributed by atoms with van der Waals surface area (Å²) in [5.74, 6) is -1.39. The van der Waals surface area contributed by atoms with Crippen molar-refractivity contribution in [2.24, 2.45) is 0 Å². The highest BCUT2D eigenvalue weighted by molar-refractivity contribution is 14.1. The maximum Gasteiger partial charge on any atom is 0.437 e. The van der Waals surface area contributed by atoms with Crippen LogP contribution in [0.2, 0.25) is 5.02 Å². The smallest absolute Gasteiger partial charge is 0.355 e. The molecule has 0 aliphatic heterocycles. The Labute approximate surface area is 255 Å². The Morgan fingerprint density at radius 3 is 2.30 bits per heavy atom. The number of hydrogen-bond acceptors (Lipinski definition) is 6. The van der Waals surface area contributed by atoms with Crippen molar-refractivity contribution in [3.05, 3.63) is 79.5 Å². The van der Waals surface area contributed by atoms with Gasteiger partial charge in [0.05, 0.1) is 28.2 Å². The van der Waals surface area contributed by atoms with Gasteiger partial charge in [0.25, 0.3) is 11.8 Å². The molecule has 3 heterocycles. The van der Waals surface area contributed by atoms with Gasteiger partial charge in [0.15, 0.2) is 5.82 Å². The van der Waals surface area contributed by atoms with Crippen LogP contribution in [0.4, 0.5) is 36.4 Å². The molecule has 0 aliphatic rings. The minimum Gasteiger partial charge on any atom is -0.355 e. The second-order valence-electron chi connectivity index (χ2n) is 8.83. The molecule has 3 aromatic heterocycles. The normalized spacial score (nSPS) is 12.3. The number of hydrogen-bond donors (Lipinski definition) is 2. The van der Waals surface area contributed by atoms with Crippen LogP contribution >= 0.6 is 34.2 Å². The predicted molar refractivity (Wildman–Crippen MR) is 146 cm³/mol. The zero-order valence-corrected chi connectivity index (χ0v) is 24.6. The predicted octanol–water partition coefficient (Wildman–Crippen LogP) is 5.37. The largest absolute Gasteiger partial charge is 0.437 e. The zero-order chi connectivity index (χ0) is 31.9. The first-order valence-electron chi connectivity index (χ1n) is 11.7. The fourth-order valence-corrected chi connectivity index (χ4v) is 4.87. The maximum absolute atomic E-state index is 14.4. The molecular weight excluding hydrogens is 728 g/mol. The van der Waals surface area contributed by atoms with E-state index < -0.39 is 42.1 Å². The van der Waals surface area contributed by atoms with E-state index in [0.717, 1.165) is 10.7 Å². The van der Waals surface area contributed by atoms with Crippen LogP contribution in [0.25, 0.3) is 5.82 Å². The van der Waals surface area contributed by atoms with Gasteiger partial charge in [-0.05, 0) is 65.4 Å². The fraction of sp³-hybridized carbons (Fsp3) is 0.250. The van der Waals surface area contributed by atoms with E-state index in [1.165, 1.54) is 31.4 Å². The van der Waals surface area contributed by atoms with E-state index >= 15 is 0 Å². The summed E-state index contributed by atoms with van der Waals surface area (Å²) >= 11 is 8.23. The average molecular weight is 745 g/mol. The van der Waals surface area contributed by atoms with Gasteiger partial charge in [-0.1, -0.05) is 11.6 Å². The molecule has 228 valence electrons. The summed E-state index contributed by atoms with van der Waals surface area (Å²) < 4.78 is 95.0. The first kappa shape index (κ1) is 32.1. The Hall–Kier alpha value is -3.81. The van der Waals surface area contributed by atoms with Crippen molar-refractivity contribution in [3.63, 3.8) is 0 Å². The van der Waals surface area contributed by atoms with E-state index in [1.54, 1.807) is 13.0 Å². The minimum absolute atomic E-state index is 0.00106. The Bertz CT molecular complexity index is 1690. The van der Waals surface area contributed by atoms with Crippen molar-refractivity contribution >= 4 is 51.7 Å². The van der Waals surface area contributed by atoms with E-state index in [4.69, 9.17) is 11.6 Å². The summed E-state index contributed by atoms with van der Waals surface area (Å²) in [6.07, 6.45) is -11.4. The van der Waals surface area contributed by atoms with E-state index in [-0.39, 0.29) is 39.7 Å². The number of aromatic nitrogens is 6. The number of carbonyl (C=O) groups is 2. The highest BCUT2D eigenvalue weighted by Crippen LogP contribution is 2.52. The third kappa shape index (κ3) is 6.15. The molecule has 0 saturated carbocycles. The van der Waals surface area contributed by atoms with Crippen LogP contribution < -0.4 is 10.6 Å². The number of anilines is 1. The van der Waals surface area contributed by atoms with Crippen molar-refractivity contribution in [2.45, 2.75) is 31.5 Å². The summed E-state index contributed by atoms with van der Waals surface area (Å²) in [7, 11) is 1.40. The molecule has 0 fully saturated rings. The molecule has 0 saturated heterocycles. The molecule has 0 radical (unpaired) electrons. The number of aryl methyl sites for hydroxylation is 1. The Morgan fingerprint density at radius 1 is 1.02 bits per heavy atom. The molecule has 2 amide bonds. The number of benzene rings is 1. The number of amides is 2. The standard InChI is InChI=1S/C24H17ClF7IN8O2/c1-11-6-12(33)7-14(20(42)34-2)18(11)37-21(43)16-8-13(38-41(16)19-15(25)4-3-5-35-19)10-40-36-9-17(39-40)22(26,23(27,28)29)24(30,31)32/h3-9H,10H2,1-2H3,(H,34,42)(H,37,43). The summed E-state index contributed by atoms with van der Waals surface area (Å²) in [6, 6.07) is 7.28. The molecule has 43 heavy (non-hydrogen) atoms. The van der Waals surface area contributed by atoms with Crippen LogP contribution in [0.1, 0.15) is 37.8 Å². The second-order valence-corrected chi connectivity index (χ2v) is 10.5. The van der Waals surface area contributed by atoms with Gasteiger partial charge in [0.1, 0.15) is 17.9 Å². The fourth-order valence-electron chi connectivity index (χ4n) is 3.89. The van der Waals surface area contributed by atoms with Crippen LogP contribution in [0, 0.1) is 10.5 Å². The first-order valence-corrected chi connectivity index (χ1v) is 13.2. The van der Waals surface area contributed by atoms with Gasteiger partial charge >= 0.3 is 18.0 Å². The van der Waals surface area contributed by atoms with E-state index in [1.807, 2.05) is 22.6 Å². The summed E-state index contributed by atoms with van der Waals surface area (Å²) in [6.45, 7) is 0.964. The average Bonchev–Trinajstić information content (AvgIpc) is 3.55. The highest BCUT2D eigenvalue weighted by atomic mass is 127. The van der Waals surface area contributed by atoms with Crippen LogP contribution in [0.5, 0.6) is 0 Å². The maximum atomic E-state index is 14.4. The topological polar surface area (TPSA) is 120 Å². The van der Waals surface area contributed by atoms with Gasteiger partial charge in [-0.2, -0.15) is 46.4 Å². The Balaban J connectivity index is 1.76. The van der Waals surface area contributed by atoms with Gasteiger partial charge in [-0.25, -0.2) is 14.1 Å². The quantitative estimate of drug-likeness (QED) is 0.194. The third-order valence-corrected chi connectivity index (χ3v) is 6.83. The number of rotatable bonds is 7. The SMILES string of the molecule is CNC(=O)c1cc(I)cc(C)c1NC(=O)c1cc(Cn2ncc(C(F)(C(F)(F)F)C(F)(F)F)n2)nn1-c1ncccc1Cl. The Morgan fingerprint density at radius 2 is 1.70 bits per heavy atom. The lowest BCUT2D eigenvalue weighted by Gasteiger charge is -2.27. The number of carbonyl (C=O) groups excluding carboxylic acids is 2. The molecule has 19 heteroatoms. The molecular formula is C24H17ClF7IN8O2. The zero-order valence-electron chi connectivity index (χ0n) is 21.7. The first-order chi connectivity index (χ1) is 20.0. The molecule has 4 rings (SSSR count). The minimum atomic E-state index is -6.38. The number of nitrogens with zero attached hydrogens (tertiary/aromatic N) is 6. The van der Waals surface area contributed by atoms with E-state index in [9.17, 15) is 40.3 Å². The monoisotopic (exact) mass is 744 g/mol. The van der Waals surface area contributed by atoms with Crippen LogP contribution in [-0.2, 0) is 12.2 Å². The molecule has 1 aromatic carbocycles. The molecule has 2 N–H and O–H groups in total. The van der Waals surface area contributed by atoms with Gasteiger partial charge in [0, 0.05) is 16.8 Å². The summed E-state index contributed by atoms with van der Waals surface area (Å²) in [5.41, 5.74) is -7.38. The van der Waals surface area contributed by atoms with Gasteiger partial charge in [-0.3, -0.25) is 9.59 Å². The number of halogens is 9. The molecule has 0 spiro atoms. The molecule has 10 nitrogen and oxygen atoms in total. The van der Waals surface area contributed by atoms with Crippen molar-refractivity contribution in [1.82, 2.24) is 35.1 Å². The number of alkyl halides is 7. The van der Waals surface area contributed by atoms with E-state index in [0.29, 0.717) is 13.9 Å². The van der Waals surface area contributed by atoms with Gasteiger partial charge in [0.2, 0.25) is 0 Å². The van der Waals surface area contributed by atoms with Crippen molar-refractivity contribution < 1.29 is 40.3 Å². The lowest BCUT2D eigenvalue weighted by molar-refractivity contribution is -0.350. The lowest BCUT2D eigenvalue weighted by Crippen LogP contribution is -2.50. The van der Waals surface area contributed by atoms with Crippen molar-refractivity contribution in [3.8, 4) is 5.82 Å². The third-order valence-electron chi connectivity index (χ3n) is 5.92. The van der Waals surface area contributed by atoms with E-state index in [2.05, 4.69) is 30.9 Å². The lowest BCUT2D eigenvalue weighted by atomic mass is 10.0. The number of pyridine rings is 1. The van der Waals surface area contributed by atoms with Crippen LogP contribution in [0.15, 0.2) is 42.7 Å². The molecule has 4 aromatic rings. The van der Waals surface area contributed by atoms with Crippen LogP contribution in [0.3, 0.4) is 0 Å². The summed E-state index contributed by atoms with van der Waals surface area (Å²) in [5, 5.41) is 15.7. The summed E-state index contributed by atoms with van der Waals surface area (Å²) in [4.78, 5) is 30.5. The number of nitrogens with one attached hydrogen (secondary N) is 2. The van der Waals surface area contributed by atoms with Gasteiger partial charge < -0.3 is 10.6 Å². The van der Waals surface area contributed by atoms with Gasteiger partial charge in [-0.15, -0.1) is 0 Å². The molecule has 0 bridgehead atoms. The Kier molecular flexibility index (Phi) is 8.74.